The maximum atomic E-state index is 10.1. The second-order valence-electron chi connectivity index (χ2n) is 1.51. The molecule has 0 aromatic heterocycles. The van der Waals surface area contributed by atoms with Crippen molar-refractivity contribution in [3.63, 3.8) is 0 Å². The van der Waals surface area contributed by atoms with Gasteiger partial charge < -0.3 is 7.80 Å². The second kappa shape index (κ2) is 6.28. The molecule has 3 nitrogen and oxygen atoms in total. The van der Waals surface area contributed by atoms with E-state index >= 15 is 0 Å². The summed E-state index contributed by atoms with van der Waals surface area (Å²) in [5.41, 5.74) is 0. The van der Waals surface area contributed by atoms with Crippen LogP contribution < -0.4 is 0 Å². The van der Waals surface area contributed by atoms with Gasteiger partial charge in [0.15, 0.2) is 0 Å². The lowest BCUT2D eigenvalue weighted by Gasteiger charge is -1.97. The molecule has 0 unspecified atom stereocenters. The number of hydrogen-bond acceptors (Lipinski definition) is 3. The third-order valence-electron chi connectivity index (χ3n) is 0.671. The fourth-order valence-corrected chi connectivity index (χ4v) is 0.641. The lowest BCUT2D eigenvalue weighted by molar-refractivity contribution is -0.141. The van der Waals surface area contributed by atoms with Crippen LogP contribution in [0.5, 0.6) is 0 Å². The SMILES string of the molecule is CC(=O)OCCCOI. The van der Waals surface area contributed by atoms with Gasteiger partial charge in [-0.15, -0.1) is 0 Å². The molecule has 0 amide bonds. The molecule has 0 aromatic carbocycles. The Labute approximate surface area is 68.4 Å². The molecule has 0 saturated heterocycles. The molecule has 0 bridgehead atoms. The Morgan fingerprint density at radius 1 is 1.56 bits per heavy atom. The molecule has 0 aliphatic heterocycles. The van der Waals surface area contributed by atoms with Gasteiger partial charge in [-0.05, 0) is 0 Å². The van der Waals surface area contributed by atoms with Crippen molar-refractivity contribution < 1.29 is 12.6 Å². The van der Waals surface area contributed by atoms with Crippen molar-refractivity contribution in [2.24, 2.45) is 0 Å². The van der Waals surface area contributed by atoms with Crippen molar-refractivity contribution in [3.8, 4) is 0 Å². The number of hydrogen-bond donors (Lipinski definition) is 0. The Hall–Kier alpha value is 0.160. The van der Waals surface area contributed by atoms with Crippen LogP contribution in [-0.4, -0.2) is 19.2 Å². The maximum Gasteiger partial charge on any atom is 0.302 e. The zero-order valence-corrected chi connectivity index (χ0v) is 7.38. The van der Waals surface area contributed by atoms with Gasteiger partial charge in [0, 0.05) is 13.3 Å². The molecule has 0 rings (SSSR count). The van der Waals surface area contributed by atoms with Crippen molar-refractivity contribution in [2.45, 2.75) is 13.3 Å². The average Bonchev–Trinajstić information content (AvgIpc) is 1.80. The Morgan fingerprint density at radius 3 is 2.67 bits per heavy atom. The minimum absolute atomic E-state index is 0.233. The van der Waals surface area contributed by atoms with Gasteiger partial charge in [0.2, 0.25) is 0 Å². The fraction of sp³-hybridized carbons (Fsp3) is 0.800. The molecule has 0 heterocycles. The zero-order valence-electron chi connectivity index (χ0n) is 5.22. The van der Waals surface area contributed by atoms with Gasteiger partial charge in [0.25, 0.3) is 0 Å². The van der Waals surface area contributed by atoms with Crippen molar-refractivity contribution >= 4 is 29.0 Å². The summed E-state index contributed by atoms with van der Waals surface area (Å²) in [6, 6.07) is 0. The van der Waals surface area contributed by atoms with Gasteiger partial charge in [-0.2, -0.15) is 0 Å². The molecule has 0 aromatic rings. The summed E-state index contributed by atoms with van der Waals surface area (Å²) in [6.45, 7) is 2.48. The molecular weight excluding hydrogens is 235 g/mol. The topological polar surface area (TPSA) is 35.5 Å². The van der Waals surface area contributed by atoms with E-state index in [1.165, 1.54) is 6.92 Å². The van der Waals surface area contributed by atoms with Gasteiger partial charge >= 0.3 is 5.97 Å². The number of carbonyl (C=O) groups excluding carboxylic acids is 1. The minimum Gasteiger partial charge on any atom is -0.466 e. The van der Waals surface area contributed by atoms with E-state index in [2.05, 4.69) is 4.74 Å². The molecule has 0 spiro atoms. The summed E-state index contributed by atoms with van der Waals surface area (Å²) in [4.78, 5) is 10.1. The van der Waals surface area contributed by atoms with E-state index in [0.717, 1.165) is 6.42 Å². The van der Waals surface area contributed by atoms with Crippen LogP contribution in [0.2, 0.25) is 0 Å². The monoisotopic (exact) mass is 244 g/mol. The largest absolute Gasteiger partial charge is 0.466 e. The van der Waals surface area contributed by atoms with Crippen LogP contribution in [-0.2, 0) is 12.6 Å². The molecule has 0 atom stereocenters. The van der Waals surface area contributed by atoms with Crippen molar-refractivity contribution in [2.75, 3.05) is 13.2 Å². The van der Waals surface area contributed by atoms with Gasteiger partial charge in [-0.3, -0.25) is 4.79 Å². The summed E-state index contributed by atoms with van der Waals surface area (Å²) in [5, 5.41) is 0. The predicted molar refractivity (Wildman–Crippen MR) is 41.2 cm³/mol. The lowest BCUT2D eigenvalue weighted by Crippen LogP contribution is -2.01. The third kappa shape index (κ3) is 8.16. The highest BCUT2D eigenvalue weighted by molar-refractivity contribution is 14.1. The van der Waals surface area contributed by atoms with Crippen molar-refractivity contribution in [1.29, 1.82) is 0 Å². The Bertz CT molecular complexity index is 84.3. The Morgan fingerprint density at radius 2 is 2.22 bits per heavy atom. The quantitative estimate of drug-likeness (QED) is 0.425. The van der Waals surface area contributed by atoms with E-state index in [4.69, 9.17) is 3.07 Å². The van der Waals surface area contributed by atoms with Gasteiger partial charge in [0.05, 0.1) is 13.2 Å². The summed E-state index contributed by atoms with van der Waals surface area (Å²) < 4.78 is 9.32. The molecule has 0 aliphatic carbocycles. The van der Waals surface area contributed by atoms with Crippen LogP contribution in [0, 0.1) is 0 Å². The van der Waals surface area contributed by atoms with Crippen molar-refractivity contribution in [3.05, 3.63) is 0 Å². The first-order valence-electron chi connectivity index (χ1n) is 2.64. The van der Waals surface area contributed by atoms with Crippen LogP contribution in [0.15, 0.2) is 0 Å². The summed E-state index contributed by atoms with van der Waals surface area (Å²) in [6.07, 6.45) is 0.766. The highest BCUT2D eigenvalue weighted by Crippen LogP contribution is 1.89. The number of halogens is 1. The van der Waals surface area contributed by atoms with Crippen LogP contribution in [0.3, 0.4) is 0 Å². The van der Waals surface area contributed by atoms with Crippen LogP contribution >= 0.6 is 23.0 Å². The summed E-state index contributed by atoms with van der Waals surface area (Å²) in [7, 11) is 0. The standard InChI is InChI=1S/C5H9IO3/c1-5(7)8-3-2-4-9-6/h2-4H2,1H3. The molecule has 0 aliphatic rings. The third-order valence-corrected chi connectivity index (χ3v) is 1.11. The van der Waals surface area contributed by atoms with Gasteiger partial charge in [0.1, 0.15) is 23.0 Å². The highest BCUT2D eigenvalue weighted by atomic mass is 127. The van der Waals surface area contributed by atoms with Crippen LogP contribution in [0.1, 0.15) is 13.3 Å². The maximum absolute atomic E-state index is 10.1. The molecule has 0 N–H and O–H groups in total. The van der Waals surface area contributed by atoms with E-state index in [1.54, 1.807) is 23.0 Å². The fourth-order valence-electron chi connectivity index (χ4n) is 0.329. The van der Waals surface area contributed by atoms with E-state index in [1.807, 2.05) is 0 Å². The second-order valence-corrected chi connectivity index (χ2v) is 2.13. The summed E-state index contributed by atoms with van der Waals surface area (Å²) >= 11 is 1.80. The zero-order chi connectivity index (χ0) is 7.11. The number of ether oxygens (including phenoxy) is 1. The minimum atomic E-state index is -0.233. The molecule has 54 valence electrons. The average molecular weight is 244 g/mol. The normalized spacial score (nSPS) is 9.11. The molecule has 9 heavy (non-hydrogen) atoms. The van der Waals surface area contributed by atoms with E-state index in [9.17, 15) is 4.79 Å². The first-order valence-corrected chi connectivity index (χ1v) is 3.52. The van der Waals surface area contributed by atoms with E-state index in [-0.39, 0.29) is 5.97 Å². The Kier molecular flexibility index (Phi) is 6.39. The molecule has 0 radical (unpaired) electrons. The smallest absolute Gasteiger partial charge is 0.302 e. The van der Waals surface area contributed by atoms with E-state index < -0.39 is 0 Å². The molecule has 4 heteroatoms. The van der Waals surface area contributed by atoms with Gasteiger partial charge in [-0.25, -0.2) is 0 Å². The molecular formula is C5H9IO3. The van der Waals surface area contributed by atoms with Crippen molar-refractivity contribution in [1.82, 2.24) is 0 Å². The number of rotatable bonds is 4. The Balaban J connectivity index is 2.83. The van der Waals surface area contributed by atoms with Gasteiger partial charge in [-0.1, -0.05) is 0 Å². The number of esters is 1. The lowest BCUT2D eigenvalue weighted by atomic mass is 10.5. The highest BCUT2D eigenvalue weighted by Gasteiger charge is 1.90. The first-order chi connectivity index (χ1) is 4.27. The van der Waals surface area contributed by atoms with Crippen LogP contribution in [0.25, 0.3) is 0 Å². The number of carbonyl (C=O) groups is 1. The predicted octanol–water partition coefficient (Wildman–Crippen LogP) is 1.31. The van der Waals surface area contributed by atoms with Crippen LogP contribution in [0.4, 0.5) is 0 Å². The van der Waals surface area contributed by atoms with E-state index in [0.29, 0.717) is 13.2 Å². The first kappa shape index (κ1) is 9.16. The molecule has 0 saturated carbocycles. The summed E-state index contributed by atoms with van der Waals surface area (Å²) in [5.74, 6) is -0.233. The molecule has 0 fully saturated rings.